The van der Waals surface area contributed by atoms with Crippen molar-refractivity contribution in [1.29, 1.82) is 0 Å². The van der Waals surface area contributed by atoms with Crippen molar-refractivity contribution in [2.75, 3.05) is 12.0 Å². The zero-order chi connectivity index (χ0) is 28.2. The van der Waals surface area contributed by atoms with E-state index in [2.05, 4.69) is 38.0 Å². The van der Waals surface area contributed by atoms with Gasteiger partial charge in [-0.3, -0.25) is 4.79 Å². The Kier molecular flexibility index (Phi) is 6.64. The number of halogens is 3. The van der Waals surface area contributed by atoms with Gasteiger partial charge < -0.3 is 19.5 Å². The minimum atomic E-state index is -4.53. The van der Waals surface area contributed by atoms with Gasteiger partial charge in [0.1, 0.15) is 11.6 Å². The number of anilines is 1. The zero-order valence-corrected chi connectivity index (χ0v) is 23.0. The lowest BCUT2D eigenvalue weighted by atomic mass is 9.76. The van der Waals surface area contributed by atoms with Crippen molar-refractivity contribution >= 4 is 11.6 Å². The van der Waals surface area contributed by atoms with Crippen LogP contribution in [0.25, 0.3) is 0 Å². The lowest BCUT2D eigenvalue weighted by molar-refractivity contribution is -0.138. The van der Waals surface area contributed by atoms with E-state index in [0.717, 1.165) is 55.0 Å². The van der Waals surface area contributed by atoms with E-state index in [-0.39, 0.29) is 35.9 Å². The topological polar surface area (TPSA) is 72.3 Å². The summed E-state index contributed by atoms with van der Waals surface area (Å²) in [5, 5.41) is 11.5. The summed E-state index contributed by atoms with van der Waals surface area (Å²) in [4.78, 5) is 14.6. The summed E-state index contributed by atoms with van der Waals surface area (Å²) in [5.74, 6) is 1.75. The van der Waals surface area contributed by atoms with Crippen molar-refractivity contribution in [3.05, 3.63) is 75.9 Å². The van der Waals surface area contributed by atoms with Crippen molar-refractivity contribution in [3.8, 4) is 0 Å². The molecule has 40 heavy (non-hydrogen) atoms. The number of alkyl halides is 3. The molecule has 1 aromatic heterocycles. The molecule has 0 spiro atoms. The molecule has 212 valence electrons. The smallest absolute Gasteiger partial charge is 0.381 e. The van der Waals surface area contributed by atoms with Gasteiger partial charge in [0.15, 0.2) is 0 Å². The first-order valence-electron chi connectivity index (χ1n) is 13.8. The maximum atomic E-state index is 14.0. The number of benzene rings is 2. The Morgan fingerprint density at radius 1 is 1.15 bits per heavy atom. The van der Waals surface area contributed by atoms with Crippen molar-refractivity contribution < 1.29 is 22.7 Å². The number of fused-ring (bicyclic) bond motifs is 1. The van der Waals surface area contributed by atoms with Crippen LogP contribution < -0.4 is 10.2 Å². The number of hydrogen-bond acceptors (Lipinski definition) is 5. The standard InChI is InChI=1S/C30H34F3N5O2/c1-29(8-5-9-29)38(17-19-11-23-24(16-34-28(23)39)25(12-19)30(31,32)33)21-7-4-6-18(10-21)13-26-35-36-27(37(26)2)20-14-22(15-20)40-3/h4,6-7,10-12,20,22H,5,8-9,13-17H2,1-3H3,(H,34,39). The Morgan fingerprint density at radius 3 is 2.60 bits per heavy atom. The Bertz CT molecular complexity index is 1440. The summed E-state index contributed by atoms with van der Waals surface area (Å²) in [6.07, 6.45) is 1.22. The van der Waals surface area contributed by atoms with E-state index in [9.17, 15) is 18.0 Å². The lowest BCUT2D eigenvalue weighted by Crippen LogP contribution is -2.51. The summed E-state index contributed by atoms with van der Waals surface area (Å²) < 4.78 is 49.4. The molecule has 7 nitrogen and oxygen atoms in total. The van der Waals surface area contributed by atoms with Crippen LogP contribution in [-0.4, -0.2) is 39.4 Å². The SMILES string of the molecule is COC1CC(c2nnc(Cc3cccc(N(Cc4cc5c(c(C(F)(F)F)c4)CNC5=O)C4(C)CCC4)c3)n2C)C1. The van der Waals surface area contributed by atoms with Crippen molar-refractivity contribution in [2.24, 2.45) is 7.05 Å². The highest BCUT2D eigenvalue weighted by Crippen LogP contribution is 2.43. The zero-order valence-electron chi connectivity index (χ0n) is 23.0. The van der Waals surface area contributed by atoms with Gasteiger partial charge in [0, 0.05) is 56.4 Å². The summed E-state index contributed by atoms with van der Waals surface area (Å²) in [6, 6.07) is 11.0. The van der Waals surface area contributed by atoms with E-state index >= 15 is 0 Å². The predicted molar refractivity (Wildman–Crippen MR) is 144 cm³/mol. The molecule has 3 aliphatic rings. The molecule has 2 aliphatic carbocycles. The third kappa shape index (κ3) is 4.76. The number of hydrogen-bond donors (Lipinski definition) is 1. The second-order valence-corrected chi connectivity index (χ2v) is 11.7. The molecule has 1 N–H and O–H groups in total. The van der Waals surface area contributed by atoms with Crippen molar-refractivity contribution in [2.45, 2.75) is 82.3 Å². The molecule has 0 radical (unpaired) electrons. The van der Waals surface area contributed by atoms with Crippen LogP contribution >= 0.6 is 0 Å². The van der Waals surface area contributed by atoms with Gasteiger partial charge >= 0.3 is 6.18 Å². The predicted octanol–water partition coefficient (Wildman–Crippen LogP) is 5.51. The van der Waals surface area contributed by atoms with E-state index in [4.69, 9.17) is 4.74 Å². The van der Waals surface area contributed by atoms with Crippen LogP contribution in [0.15, 0.2) is 36.4 Å². The maximum Gasteiger partial charge on any atom is 0.416 e. The highest BCUT2D eigenvalue weighted by Gasteiger charge is 2.41. The molecule has 2 heterocycles. The van der Waals surface area contributed by atoms with Crippen LogP contribution in [0.5, 0.6) is 0 Å². The second kappa shape index (κ2) is 9.90. The Morgan fingerprint density at radius 2 is 1.93 bits per heavy atom. The molecular formula is C30H34F3N5O2. The van der Waals surface area contributed by atoms with Gasteiger partial charge in [-0.05, 0) is 80.0 Å². The minimum absolute atomic E-state index is 0.0346. The minimum Gasteiger partial charge on any atom is -0.381 e. The molecule has 1 aliphatic heterocycles. The molecule has 0 atom stereocenters. The van der Waals surface area contributed by atoms with E-state index in [1.165, 1.54) is 6.07 Å². The van der Waals surface area contributed by atoms with Gasteiger partial charge in [-0.15, -0.1) is 10.2 Å². The second-order valence-electron chi connectivity index (χ2n) is 11.7. The molecule has 0 unspecified atom stereocenters. The molecule has 2 aromatic carbocycles. The number of methoxy groups -OCH3 is 1. The summed E-state index contributed by atoms with van der Waals surface area (Å²) >= 11 is 0. The molecule has 3 aromatic rings. The number of nitrogens with one attached hydrogen (secondary N) is 1. The number of nitrogens with zero attached hydrogens (tertiary/aromatic N) is 4. The fourth-order valence-corrected chi connectivity index (χ4v) is 6.34. The summed E-state index contributed by atoms with van der Waals surface area (Å²) in [5.41, 5.74) is 1.73. The average molecular weight is 554 g/mol. The number of amides is 1. The van der Waals surface area contributed by atoms with Crippen LogP contribution in [0, 0.1) is 0 Å². The normalized spacial score (nSPS) is 21.4. The van der Waals surface area contributed by atoms with Crippen molar-refractivity contribution in [3.63, 3.8) is 0 Å². The number of ether oxygens (including phenoxy) is 1. The van der Waals surface area contributed by atoms with Gasteiger partial charge in [0.05, 0.1) is 11.7 Å². The lowest BCUT2D eigenvalue weighted by Gasteiger charge is -2.49. The van der Waals surface area contributed by atoms with E-state index < -0.39 is 17.6 Å². The number of carbonyl (C=O) groups is 1. The monoisotopic (exact) mass is 553 g/mol. The van der Waals surface area contributed by atoms with Gasteiger partial charge in [-0.1, -0.05) is 12.1 Å². The first-order valence-corrected chi connectivity index (χ1v) is 13.8. The largest absolute Gasteiger partial charge is 0.416 e. The van der Waals surface area contributed by atoms with Crippen molar-refractivity contribution in [1.82, 2.24) is 20.1 Å². The van der Waals surface area contributed by atoms with Crippen LogP contribution in [0.3, 0.4) is 0 Å². The molecule has 6 rings (SSSR count). The van der Waals surface area contributed by atoms with E-state index in [1.807, 2.05) is 25.2 Å². The average Bonchev–Trinajstić information content (AvgIpc) is 3.42. The van der Waals surface area contributed by atoms with Crippen LogP contribution in [-0.2, 0) is 37.5 Å². The number of aromatic nitrogens is 3. The number of rotatable bonds is 8. The molecular weight excluding hydrogens is 519 g/mol. The third-order valence-corrected chi connectivity index (χ3v) is 9.08. The quantitative estimate of drug-likeness (QED) is 0.398. The molecule has 2 saturated carbocycles. The first kappa shape index (κ1) is 26.8. The van der Waals surface area contributed by atoms with E-state index in [0.29, 0.717) is 17.9 Å². The Labute approximate surface area is 231 Å². The molecule has 1 amide bonds. The Hall–Kier alpha value is -3.40. The molecule has 10 heteroatoms. The summed E-state index contributed by atoms with van der Waals surface area (Å²) in [6.45, 7) is 2.35. The summed E-state index contributed by atoms with van der Waals surface area (Å²) in [7, 11) is 3.73. The van der Waals surface area contributed by atoms with Gasteiger partial charge in [-0.25, -0.2) is 0 Å². The van der Waals surface area contributed by atoms with Gasteiger partial charge in [-0.2, -0.15) is 13.2 Å². The Balaban J connectivity index is 1.29. The maximum absolute atomic E-state index is 14.0. The highest BCUT2D eigenvalue weighted by atomic mass is 19.4. The van der Waals surface area contributed by atoms with E-state index in [1.54, 1.807) is 13.2 Å². The molecule has 0 saturated heterocycles. The molecule has 0 bridgehead atoms. The van der Waals surface area contributed by atoms with Crippen LogP contribution in [0.2, 0.25) is 0 Å². The fourth-order valence-electron chi connectivity index (χ4n) is 6.34. The van der Waals surface area contributed by atoms with Gasteiger partial charge in [0.2, 0.25) is 0 Å². The van der Waals surface area contributed by atoms with Gasteiger partial charge in [0.25, 0.3) is 5.91 Å². The fraction of sp³-hybridized carbons (Fsp3) is 0.500. The number of carbonyl (C=O) groups excluding carboxylic acids is 1. The highest BCUT2D eigenvalue weighted by molar-refractivity contribution is 5.99. The van der Waals surface area contributed by atoms with Crippen LogP contribution in [0.4, 0.5) is 18.9 Å². The third-order valence-electron chi connectivity index (χ3n) is 9.08. The first-order chi connectivity index (χ1) is 19.1. The van der Waals surface area contributed by atoms with Crippen LogP contribution in [0.1, 0.15) is 89.2 Å². The molecule has 2 fully saturated rings.